The van der Waals surface area contributed by atoms with E-state index in [1.54, 1.807) is 0 Å². The second kappa shape index (κ2) is 12.5. The molecule has 0 saturated carbocycles. The molecule has 0 aliphatic rings. The first kappa shape index (κ1) is 34.0. The number of hydrogen-bond donors (Lipinski definition) is 1. The lowest BCUT2D eigenvalue weighted by Crippen LogP contribution is -2.13. The molecule has 56 heavy (non-hydrogen) atoms. The maximum absolute atomic E-state index is 6.94. The molecule has 274 valence electrons. The topological polar surface area (TPSA) is 41.6 Å². The summed E-state index contributed by atoms with van der Waals surface area (Å²) in [5, 5.41) is 12.6. The molecule has 10 rings (SSSR count). The van der Waals surface area contributed by atoms with E-state index in [9.17, 15) is 0 Å². The van der Waals surface area contributed by atoms with Gasteiger partial charge >= 0.3 is 0 Å². The average molecular weight is 729 g/mol. The smallest absolute Gasteiger partial charge is 0.147 e. The molecule has 0 spiro atoms. The maximum Gasteiger partial charge on any atom is 0.147 e. The number of furan rings is 2. The first-order valence-corrected chi connectivity index (χ1v) is 19.5. The summed E-state index contributed by atoms with van der Waals surface area (Å²) in [4.78, 5) is 2.40. The van der Waals surface area contributed by atoms with Crippen LogP contribution in [0.2, 0.25) is 0 Å². The van der Waals surface area contributed by atoms with Crippen LogP contribution in [-0.2, 0) is 0 Å². The SMILES string of the molecule is Cc1ccc(Nc2ccc3cc4c(cc3c2)oc2c(C)c(C)c3c5cc6ccc(N(c7ccc(C)cc7C)c7ccc(C)cc7C)cc6cc5oc3c24)c(C)c1. The number of aryl methyl sites for hydroxylation is 8. The largest absolute Gasteiger partial charge is 0.456 e. The van der Waals surface area contributed by atoms with Crippen molar-refractivity contribution in [2.45, 2.75) is 55.4 Å². The van der Waals surface area contributed by atoms with E-state index in [1.165, 1.54) is 55.7 Å². The highest BCUT2D eigenvalue weighted by Crippen LogP contribution is 2.46. The van der Waals surface area contributed by atoms with Crippen molar-refractivity contribution in [3.8, 4) is 0 Å². The second-order valence-electron chi connectivity index (χ2n) is 16.0. The van der Waals surface area contributed by atoms with Crippen LogP contribution in [0, 0.1) is 55.4 Å². The Balaban J connectivity index is 1.13. The highest BCUT2D eigenvalue weighted by Gasteiger charge is 2.23. The van der Waals surface area contributed by atoms with Crippen LogP contribution in [0.4, 0.5) is 28.4 Å². The molecule has 0 bridgehead atoms. The number of anilines is 5. The Morgan fingerprint density at radius 3 is 1.61 bits per heavy atom. The van der Waals surface area contributed by atoms with Crippen LogP contribution in [-0.4, -0.2) is 0 Å². The zero-order valence-corrected chi connectivity index (χ0v) is 33.2. The van der Waals surface area contributed by atoms with Gasteiger partial charge in [0.05, 0.1) is 5.39 Å². The van der Waals surface area contributed by atoms with E-state index in [1.807, 2.05) is 0 Å². The second-order valence-corrected chi connectivity index (χ2v) is 16.0. The van der Waals surface area contributed by atoms with Crippen LogP contribution in [0.1, 0.15) is 44.5 Å². The first-order valence-electron chi connectivity index (χ1n) is 19.5. The third kappa shape index (κ3) is 5.35. The molecule has 4 heteroatoms. The number of benzene rings is 8. The Hall–Kier alpha value is -6.52. The van der Waals surface area contributed by atoms with Gasteiger partial charge in [-0.3, -0.25) is 0 Å². The van der Waals surface area contributed by atoms with Crippen molar-refractivity contribution in [3.05, 3.63) is 160 Å². The molecule has 8 aromatic carbocycles. The molecule has 4 nitrogen and oxygen atoms in total. The number of hydrogen-bond acceptors (Lipinski definition) is 4. The first-order chi connectivity index (χ1) is 27.0. The third-order valence-corrected chi connectivity index (χ3v) is 11.9. The molecule has 0 aliphatic carbocycles. The fourth-order valence-corrected chi connectivity index (χ4v) is 8.91. The Bertz CT molecular complexity index is 3220. The minimum atomic E-state index is 0.860. The predicted molar refractivity (Wildman–Crippen MR) is 238 cm³/mol. The predicted octanol–water partition coefficient (Wildman–Crippen LogP) is 15.5. The molecule has 10 aromatic rings. The van der Waals surface area contributed by atoms with Gasteiger partial charge in [0.2, 0.25) is 0 Å². The van der Waals surface area contributed by atoms with Gasteiger partial charge in [-0.1, -0.05) is 65.2 Å². The van der Waals surface area contributed by atoms with Crippen LogP contribution in [0.15, 0.2) is 124 Å². The Labute approximate surface area is 327 Å². The van der Waals surface area contributed by atoms with E-state index in [2.05, 4.69) is 181 Å². The fourth-order valence-electron chi connectivity index (χ4n) is 8.91. The van der Waals surface area contributed by atoms with E-state index >= 15 is 0 Å². The Morgan fingerprint density at radius 2 is 0.982 bits per heavy atom. The van der Waals surface area contributed by atoms with Crippen molar-refractivity contribution in [1.82, 2.24) is 0 Å². The van der Waals surface area contributed by atoms with Gasteiger partial charge in [0.15, 0.2) is 0 Å². The fraction of sp³-hybridized carbons (Fsp3) is 0.154. The lowest BCUT2D eigenvalue weighted by molar-refractivity contribution is 0.660. The van der Waals surface area contributed by atoms with Crippen molar-refractivity contribution in [1.29, 1.82) is 0 Å². The van der Waals surface area contributed by atoms with Crippen molar-refractivity contribution in [2.75, 3.05) is 10.2 Å². The van der Waals surface area contributed by atoms with Crippen LogP contribution < -0.4 is 10.2 Å². The third-order valence-electron chi connectivity index (χ3n) is 11.9. The molecule has 2 heterocycles. The summed E-state index contributed by atoms with van der Waals surface area (Å²) in [5.41, 5.74) is 18.9. The van der Waals surface area contributed by atoms with Crippen molar-refractivity contribution < 1.29 is 8.83 Å². The number of fused-ring (bicyclic) bond motifs is 9. The summed E-state index contributed by atoms with van der Waals surface area (Å²) in [6.45, 7) is 17.3. The van der Waals surface area contributed by atoms with Crippen molar-refractivity contribution in [2.24, 2.45) is 0 Å². The molecule has 2 aromatic heterocycles. The monoisotopic (exact) mass is 728 g/mol. The summed E-state index contributed by atoms with van der Waals surface area (Å²) in [6.07, 6.45) is 0. The summed E-state index contributed by atoms with van der Waals surface area (Å²) >= 11 is 0. The summed E-state index contributed by atoms with van der Waals surface area (Å²) < 4.78 is 13.7. The minimum absolute atomic E-state index is 0.860. The van der Waals surface area contributed by atoms with Gasteiger partial charge in [-0.05, 0) is 171 Å². The maximum atomic E-state index is 6.94. The number of nitrogens with one attached hydrogen (secondary N) is 1. The molecule has 0 saturated heterocycles. The normalized spacial score (nSPS) is 11.9. The lowest BCUT2D eigenvalue weighted by atomic mass is 9.97. The molecular formula is C52H44N2O2. The van der Waals surface area contributed by atoms with Crippen LogP contribution >= 0.6 is 0 Å². The zero-order chi connectivity index (χ0) is 38.6. The molecule has 0 unspecified atom stereocenters. The van der Waals surface area contributed by atoms with Gasteiger partial charge < -0.3 is 19.1 Å². The van der Waals surface area contributed by atoms with Gasteiger partial charge in [-0.2, -0.15) is 0 Å². The highest BCUT2D eigenvalue weighted by molar-refractivity contribution is 6.26. The van der Waals surface area contributed by atoms with E-state index in [0.717, 1.165) is 82.7 Å². The highest BCUT2D eigenvalue weighted by atomic mass is 16.3. The quantitative estimate of drug-likeness (QED) is 0.192. The van der Waals surface area contributed by atoms with Gasteiger partial charge in [0, 0.05) is 44.6 Å². The zero-order valence-electron chi connectivity index (χ0n) is 33.2. The minimum Gasteiger partial charge on any atom is -0.456 e. The standard InChI is InChI=1S/C52H44N2O2/c1-28-9-16-44(31(4)19-28)53-40-14-12-36-25-43-48(26-38(36)22-40)55-51-35(8)34(7)49-42-24-37-13-15-41(23-39(37)27-47(42)56-52(49)50(43)51)54(45-17-10-29(2)20-32(45)5)46-18-11-30(3)21-33(46)6/h9-27,53H,1-8H3. The van der Waals surface area contributed by atoms with Crippen molar-refractivity contribution >= 4 is 93.9 Å². The number of rotatable bonds is 5. The van der Waals surface area contributed by atoms with Gasteiger partial charge in [-0.15, -0.1) is 0 Å². The molecular weight excluding hydrogens is 685 g/mol. The molecule has 0 atom stereocenters. The van der Waals surface area contributed by atoms with Crippen molar-refractivity contribution in [3.63, 3.8) is 0 Å². The molecule has 0 radical (unpaired) electrons. The summed E-state index contributed by atoms with van der Waals surface area (Å²) in [7, 11) is 0. The number of nitrogens with zero attached hydrogens (tertiary/aromatic N) is 1. The van der Waals surface area contributed by atoms with Crippen LogP contribution in [0.5, 0.6) is 0 Å². The van der Waals surface area contributed by atoms with Crippen LogP contribution in [0.3, 0.4) is 0 Å². The van der Waals surface area contributed by atoms with Gasteiger partial charge in [0.25, 0.3) is 0 Å². The molecule has 0 amide bonds. The molecule has 0 fully saturated rings. The Morgan fingerprint density at radius 1 is 0.429 bits per heavy atom. The molecule has 1 N–H and O–H groups in total. The summed E-state index contributed by atoms with van der Waals surface area (Å²) in [6, 6.07) is 42.2. The molecule has 0 aliphatic heterocycles. The van der Waals surface area contributed by atoms with Gasteiger partial charge in [0.1, 0.15) is 22.3 Å². The Kier molecular flexibility index (Phi) is 7.59. The van der Waals surface area contributed by atoms with E-state index < -0.39 is 0 Å². The summed E-state index contributed by atoms with van der Waals surface area (Å²) in [5.74, 6) is 0. The lowest BCUT2D eigenvalue weighted by Gasteiger charge is -2.29. The van der Waals surface area contributed by atoms with E-state index in [4.69, 9.17) is 8.83 Å². The van der Waals surface area contributed by atoms with E-state index in [0.29, 0.717) is 0 Å². The average Bonchev–Trinajstić information content (AvgIpc) is 3.72. The van der Waals surface area contributed by atoms with Crippen LogP contribution in [0.25, 0.3) is 65.4 Å². The van der Waals surface area contributed by atoms with E-state index in [-0.39, 0.29) is 0 Å². The van der Waals surface area contributed by atoms with Gasteiger partial charge in [-0.25, -0.2) is 0 Å².